The lowest BCUT2D eigenvalue weighted by Gasteiger charge is -2.34. The van der Waals surface area contributed by atoms with Gasteiger partial charge < -0.3 is 19.9 Å². The number of carbonyl (C=O) groups excluding carboxylic acids is 1. The lowest BCUT2D eigenvalue weighted by atomic mass is 9.95. The van der Waals surface area contributed by atoms with Crippen molar-refractivity contribution in [3.05, 3.63) is 73.8 Å². The number of hydrogen-bond acceptors (Lipinski definition) is 9. The maximum Gasteiger partial charge on any atom is 0.338 e. The van der Waals surface area contributed by atoms with Crippen molar-refractivity contribution in [2.45, 2.75) is 12.1 Å². The predicted molar refractivity (Wildman–Crippen MR) is 131 cm³/mol. The van der Waals surface area contributed by atoms with E-state index < -0.39 is 35.7 Å². The van der Waals surface area contributed by atoms with Crippen LogP contribution in [0.2, 0.25) is 0 Å². The zero-order chi connectivity index (χ0) is 25.8. The molecule has 4 rings (SSSR count). The lowest BCUT2D eigenvalue weighted by Crippen LogP contribution is -2.46. The Labute approximate surface area is 217 Å². The van der Waals surface area contributed by atoms with Crippen LogP contribution in [0.1, 0.15) is 16.6 Å². The number of carboxylic acids is 1. The zero-order valence-electron chi connectivity index (χ0n) is 18.9. The van der Waals surface area contributed by atoms with E-state index in [1.54, 1.807) is 11.6 Å². The number of carbonyl (C=O) groups is 2. The van der Waals surface area contributed by atoms with E-state index in [0.29, 0.717) is 36.2 Å². The Bertz CT molecular complexity index is 1250. The first-order chi connectivity index (χ1) is 17.3. The average Bonchev–Trinajstić information content (AvgIpc) is 3.41. The Balaban J connectivity index is 1.76. The van der Waals surface area contributed by atoms with E-state index in [-0.39, 0.29) is 22.2 Å². The van der Waals surface area contributed by atoms with Gasteiger partial charge in [-0.1, -0.05) is 6.07 Å². The number of aromatic nitrogens is 1. The number of nitrogens with one attached hydrogen (secondary N) is 1. The molecule has 0 radical (unpaired) electrons. The van der Waals surface area contributed by atoms with Crippen molar-refractivity contribution in [1.29, 1.82) is 0 Å². The van der Waals surface area contributed by atoms with Crippen LogP contribution in [0.25, 0.3) is 0 Å². The van der Waals surface area contributed by atoms with Crippen molar-refractivity contribution in [3.8, 4) is 0 Å². The van der Waals surface area contributed by atoms with Gasteiger partial charge in [-0.3, -0.25) is 9.89 Å². The van der Waals surface area contributed by atoms with E-state index >= 15 is 0 Å². The molecule has 1 fully saturated rings. The number of esters is 1. The Morgan fingerprint density at radius 1 is 1.42 bits per heavy atom. The zero-order valence-corrected chi connectivity index (χ0v) is 21.3. The van der Waals surface area contributed by atoms with Crippen LogP contribution < -0.4 is 5.32 Å². The molecule has 2 aromatic rings. The fraction of sp³-hybridized carbons (Fsp3) is 0.304. The number of hydrogen-bond donors (Lipinski definition) is 2. The summed E-state index contributed by atoms with van der Waals surface area (Å²) >= 11 is 4.44. The molecule has 1 aromatic carbocycles. The van der Waals surface area contributed by atoms with Gasteiger partial charge in [-0.25, -0.2) is 23.4 Å². The summed E-state index contributed by atoms with van der Waals surface area (Å²) in [6, 6.07) is 1.33. The molecule has 2 aliphatic rings. The molecule has 2 atom stereocenters. The molecule has 0 aliphatic carbocycles. The second-order valence-electron chi connectivity index (χ2n) is 7.83. The molecule has 2 N–H and O–H groups in total. The standard InChI is InChI=1S/C23H21BrF2N4O5S/c1-34-23(33)17-15(11-30-7-8-35-12(10-30)2-5-16(31)32)28-21(22-27-6-9-36-22)29-20(17)13-3-4-14(25)19(26)18(13)24/h2-6,9,12,20H,7-8,10-11H2,1H3,(H,28,29)(H,31,32)/b5-2+. The number of nitrogens with zero attached hydrogens (tertiary/aromatic N) is 3. The van der Waals surface area contributed by atoms with Gasteiger partial charge in [0.05, 0.1) is 29.9 Å². The number of rotatable bonds is 7. The Kier molecular flexibility index (Phi) is 8.24. The minimum Gasteiger partial charge on any atom is -0.478 e. The molecule has 1 aromatic heterocycles. The minimum absolute atomic E-state index is 0.133. The highest BCUT2D eigenvalue weighted by atomic mass is 79.9. The first kappa shape index (κ1) is 26.1. The van der Waals surface area contributed by atoms with Gasteiger partial charge in [-0.15, -0.1) is 11.3 Å². The van der Waals surface area contributed by atoms with Crippen LogP contribution in [0.4, 0.5) is 8.78 Å². The second-order valence-corrected chi connectivity index (χ2v) is 9.52. The van der Waals surface area contributed by atoms with Crippen LogP contribution >= 0.6 is 27.3 Å². The third-order valence-electron chi connectivity index (χ3n) is 5.54. The van der Waals surface area contributed by atoms with Crippen molar-refractivity contribution < 1.29 is 33.0 Å². The van der Waals surface area contributed by atoms with E-state index in [1.807, 2.05) is 4.90 Å². The number of ether oxygens (including phenoxy) is 2. The smallest absolute Gasteiger partial charge is 0.338 e. The molecule has 1 saturated heterocycles. The number of benzene rings is 1. The average molecular weight is 583 g/mol. The molecule has 13 heteroatoms. The largest absolute Gasteiger partial charge is 0.478 e. The van der Waals surface area contributed by atoms with Crippen molar-refractivity contribution in [1.82, 2.24) is 15.2 Å². The maximum absolute atomic E-state index is 14.5. The fourth-order valence-electron chi connectivity index (χ4n) is 3.90. The quantitative estimate of drug-likeness (QED) is 0.291. The maximum atomic E-state index is 14.5. The molecule has 0 saturated carbocycles. The summed E-state index contributed by atoms with van der Waals surface area (Å²) in [6.45, 7) is 1.46. The van der Waals surface area contributed by atoms with Crippen molar-refractivity contribution in [2.75, 3.05) is 33.4 Å². The van der Waals surface area contributed by atoms with Crippen LogP contribution in [0.15, 0.2) is 56.6 Å². The van der Waals surface area contributed by atoms with E-state index in [2.05, 4.69) is 31.2 Å². The number of methoxy groups -OCH3 is 1. The molecule has 2 aliphatic heterocycles. The topological polar surface area (TPSA) is 113 Å². The number of amidine groups is 1. The summed E-state index contributed by atoms with van der Waals surface area (Å²) in [5.74, 6) is -3.53. The van der Waals surface area contributed by atoms with Crippen LogP contribution in [0.5, 0.6) is 0 Å². The Hall–Kier alpha value is -3.00. The van der Waals surface area contributed by atoms with Crippen LogP contribution in [-0.4, -0.2) is 72.2 Å². The van der Waals surface area contributed by atoms with E-state index in [1.165, 1.54) is 30.6 Å². The first-order valence-corrected chi connectivity index (χ1v) is 12.4. The highest BCUT2D eigenvalue weighted by molar-refractivity contribution is 9.10. The number of aliphatic carboxylic acids is 1. The van der Waals surface area contributed by atoms with E-state index in [9.17, 15) is 18.4 Å². The Morgan fingerprint density at radius 2 is 2.22 bits per heavy atom. The summed E-state index contributed by atoms with van der Waals surface area (Å²) < 4.78 is 38.8. The van der Waals surface area contributed by atoms with Gasteiger partial charge in [0.25, 0.3) is 0 Å². The van der Waals surface area contributed by atoms with Gasteiger partial charge in [-0.2, -0.15) is 0 Å². The molecule has 3 heterocycles. The second kappa shape index (κ2) is 11.4. The van der Waals surface area contributed by atoms with Gasteiger partial charge in [0.15, 0.2) is 22.5 Å². The van der Waals surface area contributed by atoms with Gasteiger partial charge in [0, 0.05) is 43.0 Å². The molecular weight excluding hydrogens is 562 g/mol. The van der Waals surface area contributed by atoms with Gasteiger partial charge in [0.1, 0.15) is 6.04 Å². The molecule has 190 valence electrons. The van der Waals surface area contributed by atoms with Crippen LogP contribution in [0.3, 0.4) is 0 Å². The predicted octanol–water partition coefficient (Wildman–Crippen LogP) is 3.04. The number of morpholine rings is 1. The van der Waals surface area contributed by atoms with Crippen LogP contribution in [0, 0.1) is 11.6 Å². The third kappa shape index (κ3) is 5.69. The molecule has 2 unspecified atom stereocenters. The number of aliphatic imine (C=N–C) groups is 1. The van der Waals surface area contributed by atoms with Crippen molar-refractivity contribution >= 4 is 45.0 Å². The minimum atomic E-state index is -1.09. The molecule has 36 heavy (non-hydrogen) atoms. The van der Waals surface area contributed by atoms with E-state index in [4.69, 9.17) is 14.6 Å². The molecular formula is C23H21BrF2N4O5S. The normalized spacial score (nSPS) is 20.8. The summed E-state index contributed by atoms with van der Waals surface area (Å²) in [6.07, 6.45) is 3.63. The van der Waals surface area contributed by atoms with Gasteiger partial charge in [-0.05, 0) is 33.6 Å². The molecule has 9 nitrogen and oxygen atoms in total. The van der Waals surface area contributed by atoms with Gasteiger partial charge in [0.2, 0.25) is 0 Å². The van der Waals surface area contributed by atoms with Crippen molar-refractivity contribution in [2.24, 2.45) is 4.99 Å². The summed E-state index contributed by atoms with van der Waals surface area (Å²) in [7, 11) is 1.23. The summed E-state index contributed by atoms with van der Waals surface area (Å²) in [4.78, 5) is 34.8. The SMILES string of the molecule is COC(=O)C1=C(CN2CCOC(/C=C/C(=O)O)C2)NC(c2nccs2)=NC1c1ccc(F)c(F)c1Br. The molecule has 0 amide bonds. The fourth-order valence-corrected chi connectivity index (χ4v) is 5.03. The van der Waals surface area contributed by atoms with Gasteiger partial charge >= 0.3 is 11.9 Å². The highest BCUT2D eigenvalue weighted by Gasteiger charge is 2.35. The molecule has 0 spiro atoms. The number of carboxylic acid groups (broad SMARTS) is 1. The number of halogens is 3. The summed E-state index contributed by atoms with van der Waals surface area (Å²) in [5, 5.41) is 14.4. The third-order valence-corrected chi connectivity index (χ3v) is 7.12. The number of thiazole rings is 1. The first-order valence-electron chi connectivity index (χ1n) is 10.7. The van der Waals surface area contributed by atoms with E-state index in [0.717, 1.165) is 12.1 Å². The molecule has 0 bridgehead atoms. The Morgan fingerprint density at radius 3 is 2.92 bits per heavy atom. The lowest BCUT2D eigenvalue weighted by molar-refractivity contribution is -0.136. The monoisotopic (exact) mass is 582 g/mol. The van der Waals surface area contributed by atoms with Crippen LogP contribution in [-0.2, 0) is 19.1 Å². The highest BCUT2D eigenvalue weighted by Crippen LogP contribution is 2.38. The van der Waals surface area contributed by atoms with Crippen molar-refractivity contribution in [3.63, 3.8) is 0 Å². The summed E-state index contributed by atoms with van der Waals surface area (Å²) in [5.41, 5.74) is 0.826.